The van der Waals surface area contributed by atoms with Crippen LogP contribution >= 0.6 is 12.6 Å². The molecular formula is C12H29N3OS. The van der Waals surface area contributed by atoms with Gasteiger partial charge in [-0.1, -0.05) is 26.7 Å². The Morgan fingerprint density at radius 3 is 2.41 bits per heavy atom. The van der Waals surface area contributed by atoms with Gasteiger partial charge < -0.3 is 5.11 Å². The highest BCUT2D eigenvalue weighted by molar-refractivity contribution is 7.80. The Morgan fingerprint density at radius 1 is 1.24 bits per heavy atom. The van der Waals surface area contributed by atoms with Crippen LogP contribution in [0.4, 0.5) is 0 Å². The summed E-state index contributed by atoms with van der Waals surface area (Å²) in [5.41, 5.74) is -0.149. The van der Waals surface area contributed by atoms with Gasteiger partial charge in [-0.25, -0.2) is 4.90 Å². The second-order valence-corrected chi connectivity index (χ2v) is 5.08. The number of nitrogens with zero attached hydrogens (tertiary/aromatic N) is 1. The Balaban J connectivity index is 3.99. The summed E-state index contributed by atoms with van der Waals surface area (Å²) in [5, 5.41) is 16.7. The van der Waals surface area contributed by atoms with Gasteiger partial charge in [0.05, 0.1) is 0 Å². The molecule has 0 saturated carbocycles. The van der Waals surface area contributed by atoms with Crippen LogP contribution in [0.5, 0.6) is 0 Å². The molecule has 0 aromatic carbocycles. The molecule has 17 heavy (non-hydrogen) atoms. The average Bonchev–Trinajstić information content (AvgIpc) is 2.30. The quantitative estimate of drug-likeness (QED) is 0.275. The third kappa shape index (κ3) is 7.26. The highest BCUT2D eigenvalue weighted by Gasteiger charge is 2.28. The Labute approximate surface area is 112 Å². The molecule has 0 heterocycles. The van der Waals surface area contributed by atoms with E-state index in [1.54, 1.807) is 11.8 Å². The Hall–Kier alpha value is 0.190. The van der Waals surface area contributed by atoms with Crippen molar-refractivity contribution in [2.75, 3.05) is 20.1 Å². The Kier molecular flexibility index (Phi) is 9.27. The first-order chi connectivity index (χ1) is 7.95. The van der Waals surface area contributed by atoms with E-state index in [-0.39, 0.29) is 5.50 Å². The summed E-state index contributed by atoms with van der Waals surface area (Å²) in [7, 11) is 1.85. The van der Waals surface area contributed by atoms with E-state index in [9.17, 15) is 5.11 Å². The maximum Gasteiger partial charge on any atom is 0.173 e. The minimum Gasteiger partial charge on any atom is -0.363 e. The molecule has 0 aliphatic heterocycles. The molecule has 0 rings (SSSR count). The van der Waals surface area contributed by atoms with E-state index >= 15 is 0 Å². The molecule has 5 heteroatoms. The lowest BCUT2D eigenvalue weighted by atomic mass is 10.2. The third-order valence-electron chi connectivity index (χ3n) is 2.87. The molecule has 4 nitrogen and oxygen atoms in total. The molecule has 104 valence electrons. The maximum absolute atomic E-state index is 10.3. The van der Waals surface area contributed by atoms with Crippen LogP contribution in [-0.4, -0.2) is 41.5 Å². The minimum atomic E-state index is -1.03. The molecule has 2 unspecified atom stereocenters. The molecule has 0 saturated heterocycles. The predicted octanol–water partition coefficient (Wildman–Crippen LogP) is 1.58. The van der Waals surface area contributed by atoms with Gasteiger partial charge in [-0.3, -0.25) is 10.6 Å². The third-order valence-corrected chi connectivity index (χ3v) is 3.40. The minimum absolute atomic E-state index is 0.149. The van der Waals surface area contributed by atoms with Crippen molar-refractivity contribution < 1.29 is 5.11 Å². The van der Waals surface area contributed by atoms with Crippen LogP contribution in [0.25, 0.3) is 0 Å². The van der Waals surface area contributed by atoms with E-state index in [0.717, 1.165) is 25.9 Å². The Morgan fingerprint density at radius 2 is 1.88 bits per heavy atom. The van der Waals surface area contributed by atoms with Crippen molar-refractivity contribution in [1.29, 1.82) is 0 Å². The number of hydrogen-bond donors (Lipinski definition) is 4. The second kappa shape index (κ2) is 9.16. The van der Waals surface area contributed by atoms with Crippen LogP contribution in [0.1, 0.15) is 46.5 Å². The second-order valence-electron chi connectivity index (χ2n) is 4.59. The van der Waals surface area contributed by atoms with Crippen molar-refractivity contribution in [3.63, 3.8) is 0 Å². The maximum atomic E-state index is 10.3. The molecule has 0 aliphatic rings. The smallest absolute Gasteiger partial charge is 0.173 e. The fourth-order valence-corrected chi connectivity index (χ4v) is 1.83. The summed E-state index contributed by atoms with van der Waals surface area (Å²) in [5.74, 6) is -1.03. The zero-order valence-corrected chi connectivity index (χ0v) is 12.6. The summed E-state index contributed by atoms with van der Waals surface area (Å²) in [4.78, 5) is 1.79. The largest absolute Gasteiger partial charge is 0.363 e. The summed E-state index contributed by atoms with van der Waals surface area (Å²) in [6, 6.07) is 0. The van der Waals surface area contributed by atoms with Gasteiger partial charge in [0.25, 0.3) is 0 Å². The fourth-order valence-electron chi connectivity index (χ4n) is 1.47. The molecule has 0 fully saturated rings. The van der Waals surface area contributed by atoms with Gasteiger partial charge in [-0.05, 0) is 39.9 Å². The van der Waals surface area contributed by atoms with Crippen molar-refractivity contribution in [3.05, 3.63) is 0 Å². The van der Waals surface area contributed by atoms with Crippen LogP contribution in [-0.2, 0) is 0 Å². The van der Waals surface area contributed by atoms with Crippen molar-refractivity contribution in [3.8, 4) is 0 Å². The van der Waals surface area contributed by atoms with Crippen molar-refractivity contribution in [1.82, 2.24) is 15.5 Å². The van der Waals surface area contributed by atoms with Crippen LogP contribution in [0.3, 0.4) is 0 Å². The van der Waals surface area contributed by atoms with Gasteiger partial charge in [0.15, 0.2) is 5.85 Å². The lowest BCUT2D eigenvalue weighted by Gasteiger charge is -2.38. The normalized spacial score (nSPS) is 17.1. The molecule has 0 aromatic rings. The molecule has 0 aliphatic carbocycles. The number of nitrogens with one attached hydrogen (secondary N) is 2. The van der Waals surface area contributed by atoms with Gasteiger partial charge in [-0.15, -0.1) is 12.6 Å². The van der Waals surface area contributed by atoms with E-state index in [1.165, 1.54) is 12.8 Å². The van der Waals surface area contributed by atoms with E-state index in [1.807, 2.05) is 7.05 Å². The van der Waals surface area contributed by atoms with Gasteiger partial charge >= 0.3 is 0 Å². The first-order valence-corrected chi connectivity index (χ1v) is 7.09. The number of aliphatic hydroxyl groups is 1. The molecule has 3 N–H and O–H groups in total. The fraction of sp³-hybridized carbons (Fsp3) is 1.00. The number of rotatable bonds is 10. The monoisotopic (exact) mass is 263 g/mol. The SMILES string of the molecule is CCCCCNC(C)(O)N(C)C(S)NCCC. The lowest BCUT2D eigenvalue weighted by molar-refractivity contribution is -0.115. The van der Waals surface area contributed by atoms with Crippen LogP contribution < -0.4 is 10.6 Å². The molecule has 0 aromatic heterocycles. The number of hydrogen-bond acceptors (Lipinski definition) is 5. The van der Waals surface area contributed by atoms with Crippen molar-refractivity contribution in [2.45, 2.75) is 57.8 Å². The van der Waals surface area contributed by atoms with Crippen molar-refractivity contribution in [2.24, 2.45) is 0 Å². The molecule has 0 radical (unpaired) electrons. The lowest BCUT2D eigenvalue weighted by Crippen LogP contribution is -2.60. The van der Waals surface area contributed by atoms with E-state index in [4.69, 9.17) is 0 Å². The predicted molar refractivity (Wildman–Crippen MR) is 77.0 cm³/mol. The zero-order valence-electron chi connectivity index (χ0n) is 11.7. The van der Waals surface area contributed by atoms with E-state index in [0.29, 0.717) is 0 Å². The van der Waals surface area contributed by atoms with Crippen LogP contribution in [0, 0.1) is 0 Å². The van der Waals surface area contributed by atoms with Gasteiger partial charge in [0.1, 0.15) is 5.50 Å². The number of thiol groups is 1. The summed E-state index contributed by atoms with van der Waals surface area (Å²) in [6.45, 7) is 7.75. The zero-order chi connectivity index (χ0) is 13.3. The topological polar surface area (TPSA) is 47.5 Å². The van der Waals surface area contributed by atoms with Crippen LogP contribution in [0.15, 0.2) is 0 Å². The standard InChI is InChI=1S/C12H29N3OS/c1-5-7-8-10-14-12(3,16)15(4)11(17)13-9-6-2/h11,13-14,16-17H,5-10H2,1-4H3. The van der Waals surface area contributed by atoms with Crippen LogP contribution in [0.2, 0.25) is 0 Å². The molecule has 0 amide bonds. The van der Waals surface area contributed by atoms with E-state index < -0.39 is 5.85 Å². The van der Waals surface area contributed by atoms with Gasteiger partial charge in [0, 0.05) is 0 Å². The molecule has 2 atom stereocenters. The number of unbranched alkanes of at least 4 members (excludes halogenated alkanes) is 2. The Bertz CT molecular complexity index is 191. The first kappa shape index (κ1) is 17.2. The summed E-state index contributed by atoms with van der Waals surface area (Å²) in [6.07, 6.45) is 4.51. The van der Waals surface area contributed by atoms with Gasteiger partial charge in [-0.2, -0.15) is 0 Å². The first-order valence-electron chi connectivity index (χ1n) is 6.57. The summed E-state index contributed by atoms with van der Waals surface area (Å²) < 4.78 is 0. The highest BCUT2D eigenvalue weighted by atomic mass is 32.1. The molecule has 0 bridgehead atoms. The highest BCUT2D eigenvalue weighted by Crippen LogP contribution is 2.11. The van der Waals surface area contributed by atoms with Crippen molar-refractivity contribution >= 4 is 12.6 Å². The molecular weight excluding hydrogens is 234 g/mol. The van der Waals surface area contributed by atoms with Gasteiger partial charge in [0.2, 0.25) is 0 Å². The molecule has 0 spiro atoms. The van der Waals surface area contributed by atoms with E-state index in [2.05, 4.69) is 37.1 Å². The summed E-state index contributed by atoms with van der Waals surface area (Å²) >= 11 is 4.43. The average molecular weight is 263 g/mol.